The summed E-state index contributed by atoms with van der Waals surface area (Å²) < 4.78 is 5.71. The maximum atomic E-state index is 9.88. The minimum absolute atomic E-state index is 0.0987. The van der Waals surface area contributed by atoms with Crippen LogP contribution in [-0.4, -0.2) is 15.2 Å². The summed E-state index contributed by atoms with van der Waals surface area (Å²) in [7, 11) is 0. The summed E-state index contributed by atoms with van der Waals surface area (Å²) in [6.07, 6.45) is 1.94. The van der Waals surface area contributed by atoms with Crippen molar-refractivity contribution in [3.8, 4) is 23.2 Å². The topological polar surface area (TPSA) is 104 Å². The van der Waals surface area contributed by atoms with Gasteiger partial charge in [0.25, 0.3) is 0 Å². The van der Waals surface area contributed by atoms with Crippen LogP contribution in [-0.2, 0) is 0 Å². The lowest BCUT2D eigenvalue weighted by molar-refractivity contribution is 0.379. The smallest absolute Gasteiger partial charge is 0.244 e. The highest BCUT2D eigenvalue weighted by Gasteiger charge is 2.37. The number of aryl methyl sites for hydroxylation is 2. The van der Waals surface area contributed by atoms with Crippen molar-refractivity contribution >= 4 is 22.2 Å². The molecule has 28 heavy (non-hydrogen) atoms. The quantitative estimate of drug-likeness (QED) is 0.472. The first-order chi connectivity index (χ1) is 13.6. The minimum atomic E-state index is -0.363. The number of benzene rings is 1. The van der Waals surface area contributed by atoms with Crippen LogP contribution in [0.25, 0.3) is 22.2 Å². The van der Waals surface area contributed by atoms with Crippen LogP contribution in [0.4, 0.5) is 0 Å². The van der Waals surface area contributed by atoms with Gasteiger partial charge in [0.1, 0.15) is 11.6 Å². The average molecular weight is 387 g/mol. The molecule has 7 heteroatoms. The van der Waals surface area contributed by atoms with E-state index in [1.807, 2.05) is 30.5 Å². The summed E-state index contributed by atoms with van der Waals surface area (Å²) in [5.41, 5.74) is 11.3. The Bertz CT molecular complexity index is 1300. The number of nitrogens with zero attached hydrogens (tertiary/aromatic N) is 2. The largest absolute Gasteiger partial charge is 0.420 e. The molecule has 0 amide bonds. The van der Waals surface area contributed by atoms with Crippen molar-refractivity contribution in [2.75, 3.05) is 0 Å². The number of thiophene rings is 1. The molecule has 4 N–H and O–H groups in total. The third-order valence-corrected chi connectivity index (χ3v) is 6.15. The molecule has 6 nitrogen and oxygen atoms in total. The van der Waals surface area contributed by atoms with E-state index in [-0.39, 0.29) is 11.8 Å². The lowest BCUT2D eigenvalue weighted by Crippen LogP contribution is -2.20. The van der Waals surface area contributed by atoms with E-state index in [0.29, 0.717) is 11.5 Å². The molecule has 1 aliphatic heterocycles. The van der Waals surface area contributed by atoms with Crippen LogP contribution in [0, 0.1) is 25.2 Å². The molecule has 0 fully saturated rings. The minimum Gasteiger partial charge on any atom is -0.420 e. The number of aromatic nitrogens is 3. The SMILES string of the molecule is Cc1cc(-c2[nH]nc3c2[C@@H](c2c[nH]c4ccccc24)C(C#N)=C(N)O3)c(C)s1. The molecule has 0 saturated carbocycles. The van der Waals surface area contributed by atoms with Gasteiger partial charge in [-0.3, -0.25) is 5.10 Å². The van der Waals surface area contributed by atoms with Gasteiger partial charge in [-0.2, -0.15) is 5.26 Å². The first-order valence-electron chi connectivity index (χ1n) is 8.87. The van der Waals surface area contributed by atoms with E-state index in [0.717, 1.165) is 33.3 Å². The number of hydrogen-bond acceptors (Lipinski definition) is 5. The monoisotopic (exact) mass is 387 g/mol. The van der Waals surface area contributed by atoms with Crippen LogP contribution in [0.1, 0.15) is 26.8 Å². The maximum Gasteiger partial charge on any atom is 0.244 e. The lowest BCUT2D eigenvalue weighted by atomic mass is 9.83. The highest BCUT2D eigenvalue weighted by molar-refractivity contribution is 7.12. The number of nitriles is 1. The molecule has 5 rings (SSSR count). The molecule has 0 unspecified atom stereocenters. The zero-order chi connectivity index (χ0) is 19.4. The van der Waals surface area contributed by atoms with Gasteiger partial charge in [0.05, 0.1) is 17.2 Å². The Morgan fingerprint density at radius 2 is 2.11 bits per heavy atom. The first-order valence-corrected chi connectivity index (χ1v) is 9.69. The molecule has 0 bridgehead atoms. The van der Waals surface area contributed by atoms with Crippen LogP contribution < -0.4 is 10.5 Å². The Morgan fingerprint density at radius 1 is 1.29 bits per heavy atom. The number of H-pyrrole nitrogens is 2. The summed E-state index contributed by atoms with van der Waals surface area (Å²) in [6.45, 7) is 4.16. The molecule has 0 saturated heterocycles. The predicted molar refractivity (Wildman–Crippen MR) is 109 cm³/mol. The molecule has 1 atom stereocenters. The van der Waals surface area contributed by atoms with E-state index in [1.54, 1.807) is 11.3 Å². The maximum absolute atomic E-state index is 9.88. The summed E-state index contributed by atoms with van der Waals surface area (Å²) >= 11 is 1.73. The predicted octanol–water partition coefficient (Wildman–Crippen LogP) is 4.45. The van der Waals surface area contributed by atoms with Crippen molar-refractivity contribution in [2.24, 2.45) is 5.73 Å². The third kappa shape index (κ3) is 2.28. The summed E-state index contributed by atoms with van der Waals surface area (Å²) in [6, 6.07) is 12.4. The van der Waals surface area contributed by atoms with E-state index in [2.05, 4.69) is 41.2 Å². The number of rotatable bonds is 2. The number of nitrogens with one attached hydrogen (secondary N) is 2. The van der Waals surface area contributed by atoms with Crippen LogP contribution in [0.15, 0.2) is 48.0 Å². The highest BCUT2D eigenvalue weighted by atomic mass is 32.1. The summed E-state index contributed by atoms with van der Waals surface area (Å²) in [5, 5.41) is 18.4. The third-order valence-electron chi connectivity index (χ3n) is 5.18. The van der Waals surface area contributed by atoms with Gasteiger partial charge in [0.15, 0.2) is 0 Å². The normalized spacial score (nSPS) is 16.1. The van der Waals surface area contributed by atoms with E-state index < -0.39 is 0 Å². The molecule has 1 aromatic carbocycles. The van der Waals surface area contributed by atoms with Gasteiger partial charge in [0, 0.05) is 32.4 Å². The number of hydrogen-bond donors (Lipinski definition) is 3. The van der Waals surface area contributed by atoms with Gasteiger partial charge in [-0.15, -0.1) is 16.4 Å². The second-order valence-electron chi connectivity index (χ2n) is 6.86. The van der Waals surface area contributed by atoms with E-state index >= 15 is 0 Å². The molecule has 4 heterocycles. The van der Waals surface area contributed by atoms with Crippen LogP contribution in [0.2, 0.25) is 0 Å². The second-order valence-corrected chi connectivity index (χ2v) is 8.32. The molecule has 1 aliphatic rings. The average Bonchev–Trinajstić information content (AvgIpc) is 3.37. The van der Waals surface area contributed by atoms with Gasteiger partial charge in [-0.25, -0.2) is 0 Å². The number of fused-ring (bicyclic) bond motifs is 2. The van der Waals surface area contributed by atoms with Crippen molar-refractivity contribution < 1.29 is 4.74 Å². The van der Waals surface area contributed by atoms with E-state index in [9.17, 15) is 5.26 Å². The molecular weight excluding hydrogens is 370 g/mol. The molecule has 0 radical (unpaired) electrons. The van der Waals surface area contributed by atoms with Gasteiger partial charge < -0.3 is 15.5 Å². The fourth-order valence-corrected chi connectivity index (χ4v) is 4.90. The van der Waals surface area contributed by atoms with Crippen molar-refractivity contribution in [3.05, 3.63) is 68.9 Å². The van der Waals surface area contributed by atoms with Crippen LogP contribution in [0.5, 0.6) is 5.88 Å². The van der Waals surface area contributed by atoms with E-state index in [1.165, 1.54) is 9.75 Å². The van der Waals surface area contributed by atoms with Crippen molar-refractivity contribution in [1.29, 1.82) is 5.26 Å². The van der Waals surface area contributed by atoms with Crippen molar-refractivity contribution in [2.45, 2.75) is 19.8 Å². The first kappa shape index (κ1) is 16.7. The fourth-order valence-electron chi connectivity index (χ4n) is 3.97. The molecule has 138 valence electrons. The van der Waals surface area contributed by atoms with Gasteiger partial charge >= 0.3 is 0 Å². The van der Waals surface area contributed by atoms with Crippen molar-refractivity contribution in [3.63, 3.8) is 0 Å². The molecule has 0 spiro atoms. The molecule has 3 aromatic heterocycles. The Labute approximate surface area is 165 Å². The number of nitrogens with two attached hydrogens (primary N) is 1. The molecule has 0 aliphatic carbocycles. The standard InChI is InChI=1S/C21H17N5OS/c1-10-7-13(11(2)28-10)19-18-17(14(8-22)20(23)27-21(18)26-25-19)15-9-24-16-6-4-3-5-12(15)16/h3-7,9,17,24H,23H2,1-2H3,(H,25,26)/t17-/m1/s1. The van der Waals surface area contributed by atoms with Gasteiger partial charge in [0.2, 0.25) is 11.8 Å². The fraction of sp³-hybridized carbons (Fsp3) is 0.143. The van der Waals surface area contributed by atoms with Gasteiger partial charge in [-0.1, -0.05) is 18.2 Å². The zero-order valence-corrected chi connectivity index (χ0v) is 16.1. The van der Waals surface area contributed by atoms with Crippen molar-refractivity contribution in [1.82, 2.24) is 15.2 Å². The number of allylic oxidation sites excluding steroid dienone is 1. The number of para-hydroxylation sites is 1. The summed E-state index contributed by atoms with van der Waals surface area (Å²) in [5.74, 6) is 0.157. The lowest BCUT2D eigenvalue weighted by Gasteiger charge is -2.23. The Balaban J connectivity index is 1.81. The highest BCUT2D eigenvalue weighted by Crippen LogP contribution is 2.48. The molecule has 4 aromatic rings. The molecular formula is C21H17N5OS. The zero-order valence-electron chi connectivity index (χ0n) is 15.3. The number of aromatic amines is 2. The number of ether oxygens (including phenoxy) is 1. The second kappa shape index (κ2) is 6.01. The summed E-state index contributed by atoms with van der Waals surface area (Å²) in [4.78, 5) is 5.70. The van der Waals surface area contributed by atoms with E-state index in [4.69, 9.17) is 10.5 Å². The Hall–Kier alpha value is -3.50. The Morgan fingerprint density at radius 3 is 2.86 bits per heavy atom. The van der Waals surface area contributed by atoms with Gasteiger partial charge in [-0.05, 0) is 31.5 Å². The van der Waals surface area contributed by atoms with Crippen LogP contribution in [0.3, 0.4) is 0 Å². The van der Waals surface area contributed by atoms with Crippen LogP contribution >= 0.6 is 11.3 Å². The Kier molecular flexibility index (Phi) is 3.57.